The number of hydrogen-bond acceptors (Lipinski definition) is 14. The third kappa shape index (κ3) is 14.8. The van der Waals surface area contributed by atoms with Gasteiger partial charge in [-0.3, -0.25) is 14.4 Å². The van der Waals surface area contributed by atoms with E-state index in [9.17, 15) is 38.5 Å². The highest BCUT2D eigenvalue weighted by atomic mass is 127. The quantitative estimate of drug-likeness (QED) is 0.0958. The lowest BCUT2D eigenvalue weighted by Gasteiger charge is -2.38. The molecule has 78 heavy (non-hydrogen) atoms. The number of ketones is 1. The summed E-state index contributed by atoms with van der Waals surface area (Å²) >= 11 is 2.03. The lowest BCUT2D eigenvalue weighted by Crippen LogP contribution is -2.49. The Bertz CT molecular complexity index is 3070. The molecule has 5 aliphatic rings. The molecule has 3 aliphatic carbocycles. The first-order chi connectivity index (χ1) is 37.6. The number of hydrogen-bond donors (Lipinski definition) is 3. The second kappa shape index (κ2) is 26.6. The van der Waals surface area contributed by atoms with E-state index >= 15 is 0 Å². The minimum atomic E-state index is -0.774. The van der Waals surface area contributed by atoms with Crippen molar-refractivity contribution in [2.24, 2.45) is 0 Å². The number of aliphatic hydroxyl groups is 3. The van der Waals surface area contributed by atoms with E-state index in [1.165, 1.54) is 34.1 Å². The van der Waals surface area contributed by atoms with Crippen molar-refractivity contribution in [3.8, 4) is 17.3 Å². The van der Waals surface area contributed by atoms with Crippen LogP contribution in [0.2, 0.25) is 0 Å². The number of pyridine rings is 3. The highest BCUT2D eigenvalue weighted by molar-refractivity contribution is 14.1. The summed E-state index contributed by atoms with van der Waals surface area (Å²) in [6, 6.07) is 24.6. The van der Waals surface area contributed by atoms with Gasteiger partial charge >= 0.3 is 0 Å². The van der Waals surface area contributed by atoms with Gasteiger partial charge in [0.2, 0.25) is 17.8 Å². The molecule has 18 nitrogen and oxygen atoms in total. The zero-order valence-corrected chi connectivity index (χ0v) is 45.7. The number of nitrogens with zero attached hydrogens (tertiary/aromatic N) is 11. The number of carbonyl (C=O) groups is 3. The van der Waals surface area contributed by atoms with Gasteiger partial charge in [-0.05, 0) is 167 Å². The Morgan fingerprint density at radius 3 is 1.51 bits per heavy atom. The molecule has 5 fully saturated rings. The molecule has 0 radical (unpaired) electrons. The standard InChI is InChI=1S/C24H27N5O3.C15H18N4O2.C9H10FNO.C5H3FIN.C4H6O/c1-17-7-8-19(32-22-15-18(9-12-25-22)24(31)10-4-11-24)16-28(17)23(30)20-5-2-3-6-21(20)29-26-13-14-27-29;1-11-6-7-12(20)10-18(11)15(21)13-4-2-3-5-14(13)19-16-8-9-17-19;10-8-6-7(2-5-11-8)9(12)3-1-4-9;6-5-3-4(7)1-2-8-5;5-4-2-1-3-4/h2-3,5-6,9,12-15,17,19,31H,4,7-8,10-11,16H2,1H3;2-5,8-9,11-12,20H,6-7,10H2,1H3;2,5-6,12H,1,3-4H2;1-3H;1-3H2/t17-,19-;11-,12-;;;/m11.../s1. The van der Waals surface area contributed by atoms with Gasteiger partial charge in [0.05, 0.1) is 71.1 Å². The summed E-state index contributed by atoms with van der Waals surface area (Å²) in [6.45, 7) is 4.92. The van der Waals surface area contributed by atoms with Crippen molar-refractivity contribution in [3.05, 3.63) is 166 Å². The summed E-state index contributed by atoms with van der Waals surface area (Å²) in [6.07, 6.45) is 21.4. The number of piperidine rings is 2. The van der Waals surface area contributed by atoms with Crippen LogP contribution in [0, 0.1) is 15.5 Å². The number of rotatable bonds is 8. The molecule has 3 N–H and O–H groups in total. The number of Topliss-reactive ketones (excluding diaryl/α,β-unsaturated/α-hetero) is 1. The fraction of sp³-hybridized carbons (Fsp3) is 0.404. The molecule has 0 spiro atoms. The third-order valence-corrected chi connectivity index (χ3v) is 15.2. The van der Waals surface area contributed by atoms with Crippen LogP contribution in [0.1, 0.15) is 129 Å². The maximum atomic E-state index is 13.5. The van der Waals surface area contributed by atoms with Gasteiger partial charge in [-0.25, -0.2) is 15.0 Å². The van der Waals surface area contributed by atoms with Crippen LogP contribution in [0.4, 0.5) is 8.78 Å². The van der Waals surface area contributed by atoms with E-state index < -0.39 is 29.2 Å². The topological polar surface area (TPSA) is 228 Å². The maximum Gasteiger partial charge on any atom is 0.256 e. The summed E-state index contributed by atoms with van der Waals surface area (Å²) in [5, 5.41) is 46.8. The van der Waals surface area contributed by atoms with Crippen LogP contribution >= 0.6 is 22.6 Å². The fourth-order valence-corrected chi connectivity index (χ4v) is 9.82. The van der Waals surface area contributed by atoms with E-state index in [2.05, 4.69) is 42.3 Å². The van der Waals surface area contributed by atoms with Gasteiger partial charge in [-0.15, -0.1) is 0 Å². The number of para-hydroxylation sites is 2. The minimum Gasteiger partial charge on any atom is -0.472 e. The largest absolute Gasteiger partial charge is 0.472 e. The van der Waals surface area contributed by atoms with E-state index in [-0.39, 0.29) is 30.0 Å². The molecule has 5 aromatic heterocycles. The van der Waals surface area contributed by atoms with Gasteiger partial charge in [0.1, 0.15) is 11.9 Å². The zero-order valence-electron chi connectivity index (χ0n) is 43.6. The fourth-order valence-electron chi connectivity index (χ4n) is 9.40. The molecular formula is C57H64F2IN11O7. The molecule has 4 atom stereocenters. The number of β-amino-alcohol motifs (C(OH)–C–C–N with tert-alkyl or cyclic N) is 1. The van der Waals surface area contributed by atoms with Gasteiger partial charge in [0.15, 0.2) is 0 Å². The Morgan fingerprint density at radius 1 is 0.603 bits per heavy atom. The highest BCUT2D eigenvalue weighted by Crippen LogP contribution is 2.42. The normalized spacial score (nSPS) is 20.6. The lowest BCUT2D eigenvalue weighted by molar-refractivity contribution is -0.123. The molecule has 21 heteroatoms. The molecule has 7 aromatic rings. The van der Waals surface area contributed by atoms with Crippen LogP contribution in [-0.2, 0) is 16.0 Å². The smallest absolute Gasteiger partial charge is 0.256 e. The molecule has 2 aliphatic heterocycles. The first-order valence-corrected chi connectivity index (χ1v) is 27.4. The highest BCUT2D eigenvalue weighted by Gasteiger charge is 2.38. The number of ether oxygens (including phenoxy) is 1. The molecule has 0 bridgehead atoms. The van der Waals surface area contributed by atoms with Crippen LogP contribution in [0.5, 0.6) is 5.88 Å². The predicted octanol–water partition coefficient (Wildman–Crippen LogP) is 8.52. The number of amides is 2. The Hall–Kier alpha value is -6.95. The van der Waals surface area contributed by atoms with Gasteiger partial charge < -0.3 is 29.9 Å². The number of halogens is 3. The number of carbonyl (C=O) groups excluding carboxylic acids is 3. The number of likely N-dealkylation sites (tertiary alicyclic amines) is 2. The number of aromatic nitrogens is 9. The predicted molar refractivity (Wildman–Crippen MR) is 292 cm³/mol. The van der Waals surface area contributed by atoms with E-state index in [0.717, 1.165) is 92.6 Å². The van der Waals surface area contributed by atoms with Gasteiger partial charge in [0, 0.05) is 65.8 Å². The molecule has 2 aromatic carbocycles. The van der Waals surface area contributed by atoms with Crippen LogP contribution in [-0.4, -0.2) is 125 Å². The van der Waals surface area contributed by atoms with Crippen molar-refractivity contribution in [1.82, 2.24) is 54.7 Å². The lowest BCUT2D eigenvalue weighted by atomic mass is 9.75. The third-order valence-electron chi connectivity index (χ3n) is 14.5. The van der Waals surface area contributed by atoms with Crippen LogP contribution in [0.3, 0.4) is 0 Å². The van der Waals surface area contributed by atoms with E-state index in [4.69, 9.17) is 4.74 Å². The van der Waals surface area contributed by atoms with Crippen molar-refractivity contribution in [3.63, 3.8) is 0 Å². The first-order valence-electron chi connectivity index (χ1n) is 26.3. The number of aliphatic hydroxyl groups excluding tert-OH is 1. The Kier molecular flexibility index (Phi) is 19.5. The minimum absolute atomic E-state index is 0.0656. The van der Waals surface area contributed by atoms with Crippen LogP contribution in [0.25, 0.3) is 11.4 Å². The molecule has 7 heterocycles. The average molecular weight is 1180 g/mol. The molecule has 12 rings (SSSR count). The second-order valence-corrected chi connectivity index (χ2v) is 21.3. The summed E-state index contributed by atoms with van der Waals surface area (Å²) in [5.74, 6) is -0.163. The summed E-state index contributed by atoms with van der Waals surface area (Å²) < 4.78 is 31.7. The van der Waals surface area contributed by atoms with Crippen molar-refractivity contribution in [1.29, 1.82) is 0 Å². The Labute approximate surface area is 465 Å². The van der Waals surface area contributed by atoms with Crippen molar-refractivity contribution in [2.75, 3.05) is 13.1 Å². The van der Waals surface area contributed by atoms with Crippen LogP contribution in [0.15, 0.2) is 128 Å². The summed E-state index contributed by atoms with van der Waals surface area (Å²) in [4.78, 5) is 53.9. The van der Waals surface area contributed by atoms with E-state index in [1.807, 2.05) is 89.0 Å². The molecule has 2 amide bonds. The maximum absolute atomic E-state index is 13.5. The number of benzene rings is 2. The Balaban J connectivity index is 0.000000148. The van der Waals surface area contributed by atoms with Crippen LogP contribution < -0.4 is 4.74 Å². The monoisotopic (exact) mass is 1180 g/mol. The Morgan fingerprint density at radius 2 is 1.06 bits per heavy atom. The second-order valence-electron chi connectivity index (χ2n) is 20.0. The summed E-state index contributed by atoms with van der Waals surface area (Å²) in [5.41, 5.74) is 2.39. The SMILES string of the molecule is C[C@@H]1CC[C@@H](O)CN1C(=O)c1ccccc1-n1nccn1.C[C@@H]1CC[C@@H](Oc2cc(C3(O)CCC3)ccn2)CN1C(=O)c1ccccc1-n1nccn1.Fc1cc(I)ccn1.O=C1CCC1.OC1(c2ccnc(F)c2)CCC1. The first kappa shape index (κ1) is 57.2. The van der Waals surface area contributed by atoms with E-state index in [1.54, 1.807) is 54.1 Å². The molecule has 0 unspecified atom stereocenters. The molecule has 3 saturated carbocycles. The van der Waals surface area contributed by atoms with Gasteiger partial charge in [-0.1, -0.05) is 24.3 Å². The molecule has 410 valence electrons. The van der Waals surface area contributed by atoms with Gasteiger partial charge in [0.25, 0.3) is 11.8 Å². The summed E-state index contributed by atoms with van der Waals surface area (Å²) in [7, 11) is 0. The average Bonchev–Trinajstić information content (AvgIpc) is 4.18. The van der Waals surface area contributed by atoms with Crippen molar-refractivity contribution in [2.45, 2.75) is 133 Å². The van der Waals surface area contributed by atoms with Crippen molar-refractivity contribution >= 4 is 40.2 Å². The molecule has 2 saturated heterocycles. The van der Waals surface area contributed by atoms with Gasteiger partial charge in [-0.2, -0.15) is 38.8 Å². The van der Waals surface area contributed by atoms with E-state index in [0.29, 0.717) is 52.8 Å². The zero-order chi connectivity index (χ0) is 55.2. The van der Waals surface area contributed by atoms with Crippen molar-refractivity contribution < 1.29 is 43.2 Å². The molecular weight excluding hydrogens is 1120 g/mol.